The summed E-state index contributed by atoms with van der Waals surface area (Å²) in [5.41, 5.74) is 0.761. The van der Waals surface area contributed by atoms with Gasteiger partial charge in [-0.1, -0.05) is 23.4 Å². The van der Waals surface area contributed by atoms with E-state index < -0.39 is 0 Å². The molecule has 1 aromatic carbocycles. The Morgan fingerprint density at radius 3 is 2.59 bits per heavy atom. The molecule has 1 aromatic heterocycles. The minimum Gasteiger partial charge on any atom is -0.338 e. The second-order valence-electron chi connectivity index (χ2n) is 5.76. The fourth-order valence-electron chi connectivity index (χ4n) is 2.82. The van der Waals surface area contributed by atoms with E-state index in [1.165, 1.54) is 6.07 Å². The largest absolute Gasteiger partial charge is 0.338 e. The maximum absolute atomic E-state index is 13.7. The highest BCUT2D eigenvalue weighted by Gasteiger charge is 2.25. The van der Waals surface area contributed by atoms with E-state index in [1.54, 1.807) is 6.07 Å². The van der Waals surface area contributed by atoms with Gasteiger partial charge in [0.25, 0.3) is 0 Å². The molecule has 5 nitrogen and oxygen atoms in total. The van der Waals surface area contributed by atoms with E-state index in [9.17, 15) is 4.39 Å². The molecule has 0 aliphatic carbocycles. The van der Waals surface area contributed by atoms with Crippen LogP contribution in [-0.2, 0) is 6.54 Å². The third-order valence-electron chi connectivity index (χ3n) is 4.21. The monoisotopic (exact) mass is 304 g/mol. The zero-order chi connectivity index (χ0) is 15.5. The molecule has 2 heterocycles. The van der Waals surface area contributed by atoms with E-state index in [-0.39, 0.29) is 11.9 Å². The first-order chi connectivity index (χ1) is 10.6. The Labute approximate surface area is 129 Å². The molecule has 0 amide bonds. The molecule has 0 saturated carbocycles. The Hall–Kier alpha value is -1.79. The van der Waals surface area contributed by atoms with Crippen molar-refractivity contribution in [1.29, 1.82) is 0 Å². The van der Waals surface area contributed by atoms with Gasteiger partial charge in [-0.2, -0.15) is 4.98 Å². The molecule has 1 aliphatic rings. The van der Waals surface area contributed by atoms with Crippen molar-refractivity contribution in [3.05, 3.63) is 47.4 Å². The van der Waals surface area contributed by atoms with Gasteiger partial charge in [-0.25, -0.2) is 4.39 Å². The molecule has 1 fully saturated rings. The summed E-state index contributed by atoms with van der Waals surface area (Å²) in [4.78, 5) is 8.90. The number of halogens is 1. The van der Waals surface area contributed by atoms with Gasteiger partial charge in [-0.05, 0) is 19.9 Å². The lowest BCUT2D eigenvalue weighted by Crippen LogP contribution is -2.46. The van der Waals surface area contributed by atoms with Crippen LogP contribution in [0.25, 0.3) is 0 Å². The third-order valence-corrected chi connectivity index (χ3v) is 4.21. The van der Waals surface area contributed by atoms with E-state index >= 15 is 0 Å². The molecule has 118 valence electrons. The summed E-state index contributed by atoms with van der Waals surface area (Å²) in [5.74, 6) is 1.21. The SMILES string of the molecule is Cc1noc([C@H](C)N2CCN(Cc3ccccc3F)CC2)n1. The van der Waals surface area contributed by atoms with Crippen LogP contribution in [0.5, 0.6) is 0 Å². The van der Waals surface area contributed by atoms with Crippen molar-refractivity contribution in [3.8, 4) is 0 Å². The van der Waals surface area contributed by atoms with Gasteiger partial charge < -0.3 is 4.52 Å². The molecule has 0 radical (unpaired) electrons. The molecule has 1 atom stereocenters. The number of piperazine rings is 1. The summed E-state index contributed by atoms with van der Waals surface area (Å²) in [6.07, 6.45) is 0. The van der Waals surface area contributed by atoms with Gasteiger partial charge in [-0.3, -0.25) is 9.80 Å². The van der Waals surface area contributed by atoms with Crippen molar-refractivity contribution in [3.63, 3.8) is 0 Å². The van der Waals surface area contributed by atoms with Gasteiger partial charge in [0, 0.05) is 38.3 Å². The zero-order valence-electron chi connectivity index (χ0n) is 13.0. The van der Waals surface area contributed by atoms with Gasteiger partial charge in [0.1, 0.15) is 5.82 Å². The van der Waals surface area contributed by atoms with Crippen LogP contribution in [-0.4, -0.2) is 46.1 Å². The Morgan fingerprint density at radius 2 is 1.95 bits per heavy atom. The van der Waals surface area contributed by atoms with Crippen LogP contribution < -0.4 is 0 Å². The second kappa shape index (κ2) is 6.54. The number of hydrogen-bond donors (Lipinski definition) is 0. The fraction of sp³-hybridized carbons (Fsp3) is 0.500. The summed E-state index contributed by atoms with van der Waals surface area (Å²) in [5, 5.41) is 3.85. The maximum Gasteiger partial charge on any atom is 0.243 e. The predicted octanol–water partition coefficient (Wildman–Crippen LogP) is 2.40. The molecule has 0 N–H and O–H groups in total. The van der Waals surface area contributed by atoms with Gasteiger partial charge in [0.15, 0.2) is 5.82 Å². The van der Waals surface area contributed by atoms with Gasteiger partial charge in [0.2, 0.25) is 5.89 Å². The topological polar surface area (TPSA) is 45.4 Å². The number of nitrogens with zero attached hydrogens (tertiary/aromatic N) is 4. The normalized spacial score (nSPS) is 18.5. The van der Waals surface area contributed by atoms with Crippen LogP contribution in [0.1, 0.15) is 30.2 Å². The summed E-state index contributed by atoms with van der Waals surface area (Å²) in [7, 11) is 0. The summed E-state index contributed by atoms with van der Waals surface area (Å²) < 4.78 is 19.0. The molecule has 22 heavy (non-hydrogen) atoms. The summed E-state index contributed by atoms with van der Waals surface area (Å²) in [6.45, 7) is 8.21. The van der Waals surface area contributed by atoms with Crippen LogP contribution >= 0.6 is 0 Å². The molecule has 3 rings (SSSR count). The quantitative estimate of drug-likeness (QED) is 0.868. The van der Waals surface area contributed by atoms with Crippen LogP contribution in [0.3, 0.4) is 0 Å². The van der Waals surface area contributed by atoms with Crippen molar-refractivity contribution < 1.29 is 8.91 Å². The molecule has 1 aliphatic heterocycles. The number of benzene rings is 1. The van der Waals surface area contributed by atoms with Gasteiger partial charge in [-0.15, -0.1) is 0 Å². The molecule has 0 bridgehead atoms. The predicted molar refractivity (Wildman–Crippen MR) is 80.7 cm³/mol. The van der Waals surface area contributed by atoms with Crippen LogP contribution in [0, 0.1) is 12.7 Å². The van der Waals surface area contributed by atoms with Gasteiger partial charge in [0.05, 0.1) is 6.04 Å². The first kappa shape index (κ1) is 15.1. The fourth-order valence-corrected chi connectivity index (χ4v) is 2.82. The molecule has 1 saturated heterocycles. The van der Waals surface area contributed by atoms with E-state index in [2.05, 4.69) is 26.9 Å². The Balaban J connectivity index is 1.55. The number of rotatable bonds is 4. The van der Waals surface area contributed by atoms with E-state index in [1.807, 2.05) is 19.1 Å². The Kier molecular flexibility index (Phi) is 4.49. The average Bonchev–Trinajstić information content (AvgIpc) is 2.96. The van der Waals surface area contributed by atoms with Crippen molar-refractivity contribution >= 4 is 0 Å². The minimum atomic E-state index is -0.125. The van der Waals surface area contributed by atoms with Crippen LogP contribution in [0.15, 0.2) is 28.8 Å². The standard InChI is InChI=1S/C16H21FN4O/c1-12(16-18-13(2)19-22-16)21-9-7-20(8-10-21)11-14-5-3-4-6-15(14)17/h3-6,12H,7-11H2,1-2H3/t12-/m0/s1. The lowest BCUT2D eigenvalue weighted by atomic mass is 10.1. The smallest absolute Gasteiger partial charge is 0.243 e. The van der Waals surface area contributed by atoms with Crippen LogP contribution in [0.4, 0.5) is 4.39 Å². The first-order valence-corrected chi connectivity index (χ1v) is 7.63. The highest BCUT2D eigenvalue weighted by atomic mass is 19.1. The average molecular weight is 304 g/mol. The molecular formula is C16H21FN4O. The summed E-state index contributed by atoms with van der Waals surface area (Å²) in [6, 6.07) is 7.10. The van der Waals surface area contributed by atoms with Crippen molar-refractivity contribution in [2.24, 2.45) is 0 Å². The highest BCUT2D eigenvalue weighted by Crippen LogP contribution is 2.21. The van der Waals surface area contributed by atoms with Crippen molar-refractivity contribution in [1.82, 2.24) is 19.9 Å². The lowest BCUT2D eigenvalue weighted by molar-refractivity contribution is 0.0839. The lowest BCUT2D eigenvalue weighted by Gasteiger charge is -2.36. The van der Waals surface area contributed by atoms with E-state index in [4.69, 9.17) is 4.52 Å². The first-order valence-electron chi connectivity index (χ1n) is 7.63. The van der Waals surface area contributed by atoms with Crippen LogP contribution in [0.2, 0.25) is 0 Å². The van der Waals surface area contributed by atoms with E-state index in [0.29, 0.717) is 18.3 Å². The van der Waals surface area contributed by atoms with Crippen molar-refractivity contribution in [2.75, 3.05) is 26.2 Å². The summed E-state index contributed by atoms with van der Waals surface area (Å²) >= 11 is 0. The molecule has 0 spiro atoms. The molecule has 0 unspecified atom stereocenters. The zero-order valence-corrected chi connectivity index (χ0v) is 13.0. The molecule has 6 heteroatoms. The van der Waals surface area contributed by atoms with Crippen molar-refractivity contribution in [2.45, 2.75) is 26.4 Å². The Morgan fingerprint density at radius 1 is 1.23 bits per heavy atom. The van der Waals surface area contributed by atoms with Gasteiger partial charge >= 0.3 is 0 Å². The number of aryl methyl sites for hydroxylation is 1. The molecular weight excluding hydrogens is 283 g/mol. The second-order valence-corrected chi connectivity index (χ2v) is 5.76. The molecule has 2 aromatic rings. The van der Waals surface area contributed by atoms with E-state index in [0.717, 1.165) is 31.7 Å². The minimum absolute atomic E-state index is 0.122. The maximum atomic E-state index is 13.7. The number of hydrogen-bond acceptors (Lipinski definition) is 5. The highest BCUT2D eigenvalue weighted by molar-refractivity contribution is 5.17. The Bertz CT molecular complexity index is 622. The third kappa shape index (κ3) is 3.34. The number of aromatic nitrogens is 2.